The van der Waals surface area contributed by atoms with Crippen LogP contribution in [0.5, 0.6) is 5.75 Å². The van der Waals surface area contributed by atoms with Crippen molar-refractivity contribution in [3.05, 3.63) is 41.1 Å². The van der Waals surface area contributed by atoms with Crippen molar-refractivity contribution in [1.29, 1.82) is 0 Å². The van der Waals surface area contributed by atoms with E-state index in [1.54, 1.807) is 5.57 Å². The van der Waals surface area contributed by atoms with Crippen LogP contribution >= 0.6 is 0 Å². The highest BCUT2D eigenvalue weighted by Crippen LogP contribution is 2.36. The second-order valence-electron chi connectivity index (χ2n) is 9.28. The van der Waals surface area contributed by atoms with E-state index in [0.717, 1.165) is 12.2 Å². The summed E-state index contributed by atoms with van der Waals surface area (Å²) >= 11 is 0. The minimum Gasteiger partial charge on any atom is -0.484 e. The summed E-state index contributed by atoms with van der Waals surface area (Å²) in [6.07, 6.45) is 11.4. The molecule has 0 spiro atoms. The molecule has 4 heteroatoms. The minimum absolute atomic E-state index is 0.0217. The van der Waals surface area contributed by atoms with Crippen LogP contribution in [0.2, 0.25) is 0 Å². The van der Waals surface area contributed by atoms with E-state index in [4.69, 9.17) is 4.74 Å². The predicted octanol–water partition coefficient (Wildman–Crippen LogP) is 5.39. The van der Waals surface area contributed by atoms with Gasteiger partial charge < -0.3 is 10.2 Å². The molecule has 1 aromatic carbocycles. The van der Waals surface area contributed by atoms with Crippen molar-refractivity contribution in [2.45, 2.75) is 84.0 Å². The molecule has 1 aromatic rings. The van der Waals surface area contributed by atoms with Gasteiger partial charge in [-0.3, -0.25) is 10.2 Å². The van der Waals surface area contributed by atoms with Crippen LogP contribution < -0.4 is 15.6 Å². The maximum absolute atomic E-state index is 12.2. The van der Waals surface area contributed by atoms with Gasteiger partial charge >= 0.3 is 0 Å². The van der Waals surface area contributed by atoms with Gasteiger partial charge in [-0.2, -0.15) is 0 Å². The lowest BCUT2D eigenvalue weighted by atomic mass is 9.78. The van der Waals surface area contributed by atoms with Crippen molar-refractivity contribution in [3.8, 4) is 5.75 Å². The van der Waals surface area contributed by atoms with Gasteiger partial charge in [0.1, 0.15) is 5.75 Å². The number of allylic oxidation sites excluding steroid dienone is 2. The Labute approximate surface area is 170 Å². The van der Waals surface area contributed by atoms with Crippen LogP contribution in [0.1, 0.15) is 84.1 Å². The van der Waals surface area contributed by atoms with Gasteiger partial charge in [-0.05, 0) is 73.1 Å². The molecule has 0 atom stereocenters. The van der Waals surface area contributed by atoms with Crippen molar-refractivity contribution in [3.63, 3.8) is 0 Å². The molecule has 3 rings (SSSR count). The van der Waals surface area contributed by atoms with E-state index in [-0.39, 0.29) is 17.9 Å². The van der Waals surface area contributed by atoms with Gasteiger partial charge in [-0.25, -0.2) is 0 Å². The van der Waals surface area contributed by atoms with Crippen LogP contribution in [-0.2, 0) is 10.2 Å². The molecule has 0 radical (unpaired) electrons. The minimum atomic E-state index is -0.138. The first-order valence-corrected chi connectivity index (χ1v) is 10.9. The first kappa shape index (κ1) is 20.8. The van der Waals surface area contributed by atoms with Gasteiger partial charge in [0.25, 0.3) is 5.91 Å². The summed E-state index contributed by atoms with van der Waals surface area (Å²) in [6.45, 7) is 6.57. The van der Waals surface area contributed by atoms with Gasteiger partial charge in [0.15, 0.2) is 6.61 Å². The summed E-state index contributed by atoms with van der Waals surface area (Å²) in [5.74, 6) is 1.30. The SMILES string of the molecule is CC(C)(C)c1ccc(OCC(=O)NNC2=C(C3CCCCC3)CCCC2)cc1. The largest absolute Gasteiger partial charge is 0.484 e. The summed E-state index contributed by atoms with van der Waals surface area (Å²) < 4.78 is 5.65. The number of hydrogen-bond acceptors (Lipinski definition) is 3. The summed E-state index contributed by atoms with van der Waals surface area (Å²) in [5.41, 5.74) is 10.3. The second-order valence-corrected chi connectivity index (χ2v) is 9.28. The fraction of sp³-hybridized carbons (Fsp3) is 0.625. The molecule has 2 aliphatic rings. The number of hydrogen-bond donors (Lipinski definition) is 2. The predicted molar refractivity (Wildman–Crippen MR) is 114 cm³/mol. The van der Waals surface area contributed by atoms with Crippen LogP contribution in [0.25, 0.3) is 0 Å². The number of hydrazine groups is 1. The zero-order chi connectivity index (χ0) is 20.0. The Balaban J connectivity index is 1.49. The molecule has 1 saturated carbocycles. The summed E-state index contributed by atoms with van der Waals surface area (Å²) in [4.78, 5) is 12.2. The fourth-order valence-corrected chi connectivity index (χ4v) is 4.35. The van der Waals surface area contributed by atoms with Gasteiger partial charge in [0, 0.05) is 5.70 Å². The molecule has 154 valence electrons. The van der Waals surface area contributed by atoms with Crippen molar-refractivity contribution in [2.24, 2.45) is 5.92 Å². The van der Waals surface area contributed by atoms with Crippen molar-refractivity contribution in [1.82, 2.24) is 10.9 Å². The third-order valence-corrected chi connectivity index (χ3v) is 6.05. The highest BCUT2D eigenvalue weighted by Gasteiger charge is 2.23. The van der Waals surface area contributed by atoms with Crippen LogP contribution in [0, 0.1) is 5.92 Å². The molecule has 0 aliphatic heterocycles. The topological polar surface area (TPSA) is 50.4 Å². The Hall–Kier alpha value is -1.97. The molecule has 28 heavy (non-hydrogen) atoms. The molecule has 0 bridgehead atoms. The molecule has 0 unspecified atom stereocenters. The number of nitrogens with one attached hydrogen (secondary N) is 2. The monoisotopic (exact) mass is 384 g/mol. The van der Waals surface area contributed by atoms with E-state index in [2.05, 4.69) is 43.8 Å². The van der Waals surface area contributed by atoms with E-state index in [1.165, 1.54) is 62.6 Å². The standard InChI is InChI=1S/C24H36N2O2/c1-24(2,3)19-13-15-20(16-14-19)28-17-23(27)26-25-22-12-8-7-11-21(22)18-9-5-4-6-10-18/h13-16,18,25H,4-12,17H2,1-3H3,(H,26,27). The smallest absolute Gasteiger partial charge is 0.276 e. The number of carbonyl (C=O) groups is 1. The Morgan fingerprint density at radius 3 is 2.36 bits per heavy atom. The van der Waals surface area contributed by atoms with Gasteiger partial charge in [0.05, 0.1) is 0 Å². The number of benzene rings is 1. The molecule has 1 amide bonds. The zero-order valence-electron chi connectivity index (χ0n) is 17.8. The third-order valence-electron chi connectivity index (χ3n) is 6.05. The van der Waals surface area contributed by atoms with Gasteiger partial charge in [-0.15, -0.1) is 0 Å². The van der Waals surface area contributed by atoms with E-state index in [0.29, 0.717) is 5.92 Å². The molecular formula is C24H36N2O2. The average Bonchev–Trinajstić information content (AvgIpc) is 2.71. The lowest BCUT2D eigenvalue weighted by Crippen LogP contribution is -2.41. The lowest BCUT2D eigenvalue weighted by molar-refractivity contribution is -0.123. The first-order chi connectivity index (χ1) is 13.4. The molecule has 0 aromatic heterocycles. The Bertz CT molecular complexity index is 680. The van der Waals surface area contributed by atoms with E-state index in [9.17, 15) is 4.79 Å². The molecule has 2 aliphatic carbocycles. The maximum atomic E-state index is 12.2. The summed E-state index contributed by atoms with van der Waals surface area (Å²) in [7, 11) is 0. The Morgan fingerprint density at radius 2 is 1.68 bits per heavy atom. The fourth-order valence-electron chi connectivity index (χ4n) is 4.35. The highest BCUT2D eigenvalue weighted by atomic mass is 16.5. The normalized spacial score (nSPS) is 18.7. The summed E-state index contributed by atoms with van der Waals surface area (Å²) in [6, 6.07) is 8.00. The van der Waals surface area contributed by atoms with Crippen molar-refractivity contribution >= 4 is 5.91 Å². The van der Waals surface area contributed by atoms with E-state index < -0.39 is 0 Å². The molecule has 2 N–H and O–H groups in total. The van der Waals surface area contributed by atoms with Crippen molar-refractivity contribution in [2.75, 3.05) is 6.61 Å². The van der Waals surface area contributed by atoms with Crippen LogP contribution in [-0.4, -0.2) is 12.5 Å². The van der Waals surface area contributed by atoms with Gasteiger partial charge in [0.2, 0.25) is 0 Å². The zero-order valence-corrected chi connectivity index (χ0v) is 17.8. The van der Waals surface area contributed by atoms with E-state index in [1.807, 2.05) is 12.1 Å². The summed E-state index contributed by atoms with van der Waals surface area (Å²) in [5, 5.41) is 0. The molecular weight excluding hydrogens is 348 g/mol. The molecule has 4 nitrogen and oxygen atoms in total. The van der Waals surface area contributed by atoms with E-state index >= 15 is 0 Å². The lowest BCUT2D eigenvalue weighted by Gasteiger charge is -2.30. The van der Waals surface area contributed by atoms with Crippen LogP contribution in [0.3, 0.4) is 0 Å². The number of rotatable bonds is 6. The molecule has 0 heterocycles. The van der Waals surface area contributed by atoms with Crippen LogP contribution in [0.15, 0.2) is 35.5 Å². The maximum Gasteiger partial charge on any atom is 0.276 e. The first-order valence-electron chi connectivity index (χ1n) is 10.9. The highest BCUT2D eigenvalue weighted by molar-refractivity contribution is 5.77. The molecule has 0 saturated heterocycles. The number of amides is 1. The number of carbonyl (C=O) groups excluding carboxylic acids is 1. The Kier molecular flexibility index (Phi) is 7.03. The average molecular weight is 385 g/mol. The van der Waals surface area contributed by atoms with Gasteiger partial charge in [-0.1, -0.05) is 52.2 Å². The molecule has 1 fully saturated rings. The number of ether oxygens (including phenoxy) is 1. The Morgan fingerprint density at radius 1 is 1.00 bits per heavy atom. The quantitative estimate of drug-likeness (QED) is 0.646. The van der Waals surface area contributed by atoms with Crippen LogP contribution in [0.4, 0.5) is 0 Å². The van der Waals surface area contributed by atoms with Crippen molar-refractivity contribution < 1.29 is 9.53 Å². The second kappa shape index (κ2) is 9.49. The third kappa shape index (κ3) is 5.76.